The molecule has 160 valence electrons. The number of hydrogen-bond donors (Lipinski definition) is 3. The number of nitrogens with one attached hydrogen (secondary N) is 1. The fourth-order valence-corrected chi connectivity index (χ4v) is 8.46. The number of nitrogens with zero attached hydrogens (tertiary/aromatic N) is 1. The molecule has 0 saturated heterocycles. The number of aliphatic hydroxyl groups is 1. The lowest BCUT2D eigenvalue weighted by molar-refractivity contribution is -0.115. The Bertz CT molecular complexity index is 1020. The van der Waals surface area contributed by atoms with E-state index in [4.69, 9.17) is 5.73 Å². The normalized spacial score (nSPS) is 43.0. The first-order valence-corrected chi connectivity index (χ1v) is 12.0. The molecule has 4 aliphatic carbocycles. The average molecular weight is 406 g/mol. The molecule has 3 saturated carbocycles. The maximum absolute atomic E-state index is 10.3. The largest absolute Gasteiger partial charge is 0.393 e. The molecule has 4 aliphatic rings. The molecule has 7 atom stereocenters. The van der Waals surface area contributed by atoms with E-state index < -0.39 is 0 Å². The molecular weight excluding hydrogens is 370 g/mol. The van der Waals surface area contributed by atoms with Crippen LogP contribution in [0.2, 0.25) is 0 Å². The number of fused-ring (bicyclic) bond motifs is 6. The minimum absolute atomic E-state index is 0.0559. The van der Waals surface area contributed by atoms with Crippen molar-refractivity contribution in [1.29, 1.82) is 0 Å². The molecule has 0 bridgehead atoms. The summed E-state index contributed by atoms with van der Waals surface area (Å²) >= 11 is 0. The second kappa shape index (κ2) is 6.35. The van der Waals surface area contributed by atoms with Gasteiger partial charge in [0.05, 0.1) is 11.6 Å². The van der Waals surface area contributed by atoms with E-state index in [1.807, 2.05) is 0 Å². The molecule has 2 aromatic rings. The van der Waals surface area contributed by atoms with Crippen LogP contribution in [0.1, 0.15) is 70.8 Å². The van der Waals surface area contributed by atoms with Gasteiger partial charge < -0.3 is 10.8 Å². The van der Waals surface area contributed by atoms with Crippen molar-refractivity contribution in [3.05, 3.63) is 29.8 Å². The number of anilines is 1. The van der Waals surface area contributed by atoms with Crippen molar-refractivity contribution in [2.75, 3.05) is 5.73 Å². The minimum Gasteiger partial charge on any atom is -0.393 e. The van der Waals surface area contributed by atoms with Gasteiger partial charge in [-0.15, -0.1) is 0 Å². The Labute approximate surface area is 179 Å². The Morgan fingerprint density at radius 1 is 1.10 bits per heavy atom. The molecule has 0 radical (unpaired) electrons. The Morgan fingerprint density at radius 3 is 2.83 bits per heavy atom. The summed E-state index contributed by atoms with van der Waals surface area (Å²) in [5.41, 5.74) is 10.6. The second-order valence-electron chi connectivity index (χ2n) is 11.3. The molecule has 6 rings (SSSR count). The monoisotopic (exact) mass is 405 g/mol. The van der Waals surface area contributed by atoms with Gasteiger partial charge in [0.25, 0.3) is 0 Å². The van der Waals surface area contributed by atoms with Crippen LogP contribution >= 0.6 is 0 Å². The van der Waals surface area contributed by atoms with Crippen LogP contribution < -0.4 is 5.73 Å². The molecule has 3 fully saturated rings. The molecule has 1 aromatic heterocycles. The van der Waals surface area contributed by atoms with E-state index >= 15 is 0 Å². The van der Waals surface area contributed by atoms with E-state index in [9.17, 15) is 5.11 Å². The lowest BCUT2D eigenvalue weighted by atomic mass is 9.44. The van der Waals surface area contributed by atoms with Crippen molar-refractivity contribution >= 4 is 22.3 Å². The predicted molar refractivity (Wildman–Crippen MR) is 122 cm³/mol. The molecule has 0 spiro atoms. The standard InChI is InChI=1S/C26H35N3O/c1-25-11-9-17(30)14-16(25)4-6-18-21-8-7-20(26(21,2)12-10-22(18)25)15-3-5-19-23(13-15)28-29-24(19)27/h3,5,7,13,16-18,21-22,30H,4,6,8-12,14H2,1-2H3,(H3,27,28,29)/t16-,17-,18-,21-,22-,25-,26+/m0/s1. The fraction of sp³-hybridized carbons (Fsp3) is 0.654. The number of rotatable bonds is 1. The molecule has 30 heavy (non-hydrogen) atoms. The topological polar surface area (TPSA) is 74.9 Å². The third kappa shape index (κ3) is 2.46. The number of aliphatic hydroxyl groups excluding tert-OH is 1. The Hall–Kier alpha value is -1.81. The lowest BCUT2D eigenvalue weighted by Crippen LogP contribution is -2.53. The molecule has 4 N–H and O–H groups in total. The zero-order valence-corrected chi connectivity index (χ0v) is 18.3. The summed E-state index contributed by atoms with van der Waals surface area (Å²) in [7, 11) is 0. The SMILES string of the molecule is C[C@]12CC[C@H](O)C[C@@H]1CC[C@@H]1[C@@H]2CC[C@]2(C)C(c3ccc4c(N)n[nH]c4c3)=CC[C@@H]12. The van der Waals surface area contributed by atoms with Crippen LogP contribution in [0.5, 0.6) is 0 Å². The maximum Gasteiger partial charge on any atom is 0.153 e. The zero-order chi connectivity index (χ0) is 20.7. The van der Waals surface area contributed by atoms with Crippen molar-refractivity contribution < 1.29 is 5.11 Å². The summed E-state index contributed by atoms with van der Waals surface area (Å²) in [6.07, 6.45) is 12.3. The molecule has 0 amide bonds. The number of nitrogens with two attached hydrogens (primary N) is 1. The summed E-state index contributed by atoms with van der Waals surface area (Å²) < 4.78 is 0. The van der Waals surface area contributed by atoms with E-state index in [2.05, 4.69) is 48.3 Å². The molecule has 4 nitrogen and oxygen atoms in total. The summed E-state index contributed by atoms with van der Waals surface area (Å²) in [4.78, 5) is 0. The van der Waals surface area contributed by atoms with Gasteiger partial charge in [-0.2, -0.15) is 5.10 Å². The lowest BCUT2D eigenvalue weighted by Gasteiger charge is -2.60. The Balaban J connectivity index is 1.31. The molecule has 0 aliphatic heterocycles. The van der Waals surface area contributed by atoms with E-state index in [0.717, 1.165) is 47.4 Å². The van der Waals surface area contributed by atoms with Crippen LogP contribution in [0.15, 0.2) is 24.3 Å². The van der Waals surface area contributed by atoms with E-state index in [0.29, 0.717) is 11.2 Å². The van der Waals surface area contributed by atoms with Gasteiger partial charge in [-0.25, -0.2) is 0 Å². The van der Waals surface area contributed by atoms with Gasteiger partial charge in [-0.3, -0.25) is 5.10 Å². The first-order valence-electron chi connectivity index (χ1n) is 12.0. The van der Waals surface area contributed by atoms with Crippen molar-refractivity contribution in [3.63, 3.8) is 0 Å². The number of nitrogen functional groups attached to an aromatic ring is 1. The van der Waals surface area contributed by atoms with Crippen molar-refractivity contribution in [2.24, 2.45) is 34.5 Å². The van der Waals surface area contributed by atoms with Crippen molar-refractivity contribution in [3.8, 4) is 0 Å². The van der Waals surface area contributed by atoms with Gasteiger partial charge in [-0.05, 0) is 109 Å². The van der Waals surface area contributed by atoms with Gasteiger partial charge in [0.1, 0.15) is 0 Å². The van der Waals surface area contributed by atoms with Gasteiger partial charge in [-0.1, -0.05) is 26.0 Å². The molecular formula is C26H35N3O. The first kappa shape index (κ1) is 18.9. The molecule has 0 unspecified atom stereocenters. The van der Waals surface area contributed by atoms with E-state index in [1.165, 1.54) is 44.1 Å². The van der Waals surface area contributed by atoms with Crippen LogP contribution in [0.25, 0.3) is 16.5 Å². The third-order valence-corrected chi connectivity index (χ3v) is 10.1. The highest BCUT2D eigenvalue weighted by Crippen LogP contribution is 2.67. The minimum atomic E-state index is -0.0559. The van der Waals surface area contributed by atoms with Crippen LogP contribution in [-0.4, -0.2) is 21.4 Å². The van der Waals surface area contributed by atoms with Crippen LogP contribution in [-0.2, 0) is 0 Å². The van der Waals surface area contributed by atoms with Crippen molar-refractivity contribution in [2.45, 2.75) is 71.3 Å². The van der Waals surface area contributed by atoms with Crippen LogP contribution in [0.4, 0.5) is 5.82 Å². The summed E-state index contributed by atoms with van der Waals surface area (Å²) in [5.74, 6) is 3.75. The summed E-state index contributed by atoms with van der Waals surface area (Å²) in [6.45, 7) is 5.11. The highest BCUT2D eigenvalue weighted by Gasteiger charge is 2.58. The number of hydrogen-bond acceptors (Lipinski definition) is 3. The van der Waals surface area contributed by atoms with E-state index in [1.54, 1.807) is 5.57 Å². The summed E-state index contributed by atoms with van der Waals surface area (Å²) in [6, 6.07) is 6.64. The fourth-order valence-electron chi connectivity index (χ4n) is 8.46. The zero-order valence-electron chi connectivity index (χ0n) is 18.3. The number of aromatic nitrogens is 2. The first-order chi connectivity index (χ1) is 14.4. The second-order valence-corrected chi connectivity index (χ2v) is 11.3. The Kier molecular flexibility index (Phi) is 4.01. The number of aromatic amines is 1. The van der Waals surface area contributed by atoms with Gasteiger partial charge in [0, 0.05) is 5.39 Å². The van der Waals surface area contributed by atoms with E-state index in [-0.39, 0.29) is 11.5 Å². The Morgan fingerprint density at radius 2 is 1.97 bits per heavy atom. The highest BCUT2D eigenvalue weighted by atomic mass is 16.3. The predicted octanol–water partition coefficient (Wildman–Crippen LogP) is 5.54. The number of benzene rings is 1. The maximum atomic E-state index is 10.3. The van der Waals surface area contributed by atoms with Crippen LogP contribution in [0.3, 0.4) is 0 Å². The third-order valence-electron chi connectivity index (χ3n) is 10.1. The number of H-pyrrole nitrogens is 1. The number of allylic oxidation sites excluding steroid dienone is 2. The quantitative estimate of drug-likeness (QED) is 0.583. The van der Waals surface area contributed by atoms with Gasteiger partial charge in [0.15, 0.2) is 5.82 Å². The molecule has 4 heteroatoms. The smallest absolute Gasteiger partial charge is 0.153 e. The van der Waals surface area contributed by atoms with Gasteiger partial charge >= 0.3 is 0 Å². The highest BCUT2D eigenvalue weighted by molar-refractivity contribution is 5.91. The average Bonchev–Trinajstić information content (AvgIpc) is 3.28. The molecule has 1 heterocycles. The molecule has 1 aromatic carbocycles. The summed E-state index contributed by atoms with van der Waals surface area (Å²) in [5, 5.41) is 18.6. The van der Waals surface area contributed by atoms with Gasteiger partial charge in [0.2, 0.25) is 0 Å². The van der Waals surface area contributed by atoms with Crippen molar-refractivity contribution in [1.82, 2.24) is 10.2 Å². The van der Waals surface area contributed by atoms with Crippen LogP contribution in [0, 0.1) is 34.5 Å².